The minimum absolute atomic E-state index is 0.00175. The lowest BCUT2D eigenvalue weighted by Crippen LogP contribution is -2.31. The van der Waals surface area contributed by atoms with Crippen LogP contribution in [0.15, 0.2) is 63.9 Å². The van der Waals surface area contributed by atoms with Crippen molar-refractivity contribution in [3.8, 4) is 5.75 Å². The highest BCUT2D eigenvalue weighted by molar-refractivity contribution is 9.10. The van der Waals surface area contributed by atoms with E-state index in [4.69, 9.17) is 4.74 Å². The van der Waals surface area contributed by atoms with Gasteiger partial charge in [0.1, 0.15) is 12.4 Å². The van der Waals surface area contributed by atoms with Crippen LogP contribution >= 0.6 is 15.9 Å². The van der Waals surface area contributed by atoms with Crippen LogP contribution in [0, 0.1) is 6.92 Å². The number of hydrogen-bond donors (Lipinski definition) is 1. The number of halogens is 1. The number of aromatic carboxylic acids is 1. The first-order chi connectivity index (χ1) is 13.9. The van der Waals surface area contributed by atoms with Gasteiger partial charge in [-0.2, -0.15) is 0 Å². The Morgan fingerprint density at radius 1 is 1.10 bits per heavy atom. The number of aromatic nitrogens is 2. The van der Waals surface area contributed by atoms with Gasteiger partial charge in [0, 0.05) is 10.0 Å². The van der Waals surface area contributed by atoms with Gasteiger partial charge in [0.2, 0.25) is 5.75 Å². The summed E-state index contributed by atoms with van der Waals surface area (Å²) in [7, 11) is 0. The summed E-state index contributed by atoms with van der Waals surface area (Å²) in [6, 6.07) is 15.7. The van der Waals surface area contributed by atoms with Crippen molar-refractivity contribution in [2.24, 2.45) is 0 Å². The summed E-state index contributed by atoms with van der Waals surface area (Å²) < 4.78 is 7.47. The molecular formula is C21H17BrN2O5. The number of carbonyl (C=O) groups is 2. The van der Waals surface area contributed by atoms with Gasteiger partial charge >= 0.3 is 5.97 Å². The Kier molecular flexibility index (Phi) is 6.23. The standard InChI is InChI=1S/C21H17BrN2O5/c1-13-23-18(21(27)28)19(29-12-14-5-3-2-4-6-14)20(26)24(13)11-17(25)15-7-9-16(22)10-8-15/h2-10H,11-12H2,1H3,(H,27,28). The quantitative estimate of drug-likeness (QED) is 0.546. The molecule has 0 aliphatic rings. The van der Waals surface area contributed by atoms with Crippen molar-refractivity contribution in [3.63, 3.8) is 0 Å². The monoisotopic (exact) mass is 456 g/mol. The summed E-state index contributed by atoms with van der Waals surface area (Å²) in [6.07, 6.45) is 0. The van der Waals surface area contributed by atoms with E-state index >= 15 is 0 Å². The van der Waals surface area contributed by atoms with Gasteiger partial charge in [0.15, 0.2) is 11.5 Å². The maximum absolute atomic E-state index is 12.9. The van der Waals surface area contributed by atoms with Gasteiger partial charge in [0.25, 0.3) is 5.56 Å². The summed E-state index contributed by atoms with van der Waals surface area (Å²) >= 11 is 3.30. The average molecular weight is 457 g/mol. The highest BCUT2D eigenvalue weighted by Gasteiger charge is 2.22. The van der Waals surface area contributed by atoms with E-state index in [-0.39, 0.29) is 24.8 Å². The normalized spacial score (nSPS) is 10.6. The third-order valence-electron chi connectivity index (χ3n) is 4.22. The molecule has 0 saturated carbocycles. The van der Waals surface area contributed by atoms with Crippen LogP contribution in [0.2, 0.25) is 0 Å². The van der Waals surface area contributed by atoms with Gasteiger partial charge in [-0.25, -0.2) is 9.78 Å². The number of ketones is 1. The molecule has 0 amide bonds. The Bertz CT molecular complexity index is 1110. The summed E-state index contributed by atoms with van der Waals surface area (Å²) in [5.74, 6) is -1.96. The lowest BCUT2D eigenvalue weighted by atomic mass is 10.1. The fourth-order valence-electron chi connectivity index (χ4n) is 2.71. The van der Waals surface area contributed by atoms with Crippen LogP contribution in [0.5, 0.6) is 5.75 Å². The lowest BCUT2D eigenvalue weighted by molar-refractivity contribution is 0.0683. The van der Waals surface area contributed by atoms with Crippen molar-refractivity contribution in [2.75, 3.05) is 0 Å². The molecule has 0 atom stereocenters. The topological polar surface area (TPSA) is 98.5 Å². The number of benzene rings is 2. The van der Waals surface area contributed by atoms with Gasteiger partial charge in [-0.05, 0) is 24.6 Å². The van der Waals surface area contributed by atoms with E-state index in [9.17, 15) is 19.5 Å². The fraction of sp³-hybridized carbons (Fsp3) is 0.143. The molecule has 0 aliphatic heterocycles. The SMILES string of the molecule is Cc1nc(C(=O)O)c(OCc2ccccc2)c(=O)n1CC(=O)c1ccc(Br)cc1. The molecule has 148 valence electrons. The van der Waals surface area contributed by atoms with Crippen LogP contribution in [-0.4, -0.2) is 26.4 Å². The Hall–Kier alpha value is -3.26. The molecule has 8 heteroatoms. The maximum atomic E-state index is 12.9. The van der Waals surface area contributed by atoms with Gasteiger partial charge in [-0.1, -0.05) is 58.4 Å². The molecule has 1 aromatic heterocycles. The first-order valence-electron chi connectivity index (χ1n) is 8.67. The molecule has 3 rings (SSSR count). The van der Waals surface area contributed by atoms with Gasteiger partial charge in [-0.15, -0.1) is 0 Å². The molecule has 0 bridgehead atoms. The Balaban J connectivity index is 1.95. The maximum Gasteiger partial charge on any atom is 0.358 e. The number of carboxylic acids is 1. The summed E-state index contributed by atoms with van der Waals surface area (Å²) in [4.78, 5) is 41.1. The van der Waals surface area contributed by atoms with Crippen LogP contribution < -0.4 is 10.3 Å². The second-order valence-electron chi connectivity index (χ2n) is 6.24. The number of aryl methyl sites for hydroxylation is 1. The van der Waals surface area contributed by atoms with Crippen molar-refractivity contribution < 1.29 is 19.4 Å². The van der Waals surface area contributed by atoms with Crippen LogP contribution in [0.4, 0.5) is 0 Å². The predicted molar refractivity (Wildman–Crippen MR) is 109 cm³/mol. The number of ether oxygens (including phenoxy) is 1. The van der Waals surface area contributed by atoms with Crippen LogP contribution in [0.3, 0.4) is 0 Å². The molecule has 0 radical (unpaired) electrons. The third-order valence-corrected chi connectivity index (χ3v) is 4.74. The first kappa shape index (κ1) is 20.5. The molecule has 0 saturated heterocycles. The number of nitrogens with zero attached hydrogens (tertiary/aromatic N) is 2. The second-order valence-corrected chi connectivity index (χ2v) is 7.15. The molecule has 3 aromatic rings. The highest BCUT2D eigenvalue weighted by Crippen LogP contribution is 2.16. The van der Waals surface area contributed by atoms with Gasteiger partial charge < -0.3 is 9.84 Å². The highest BCUT2D eigenvalue weighted by atomic mass is 79.9. The molecule has 1 N–H and O–H groups in total. The van der Waals surface area contributed by atoms with E-state index in [0.29, 0.717) is 5.56 Å². The smallest absolute Gasteiger partial charge is 0.358 e. The second kappa shape index (κ2) is 8.83. The summed E-state index contributed by atoms with van der Waals surface area (Å²) in [5.41, 5.74) is 0.00179. The number of carboxylic acid groups (broad SMARTS) is 1. The van der Waals surface area contributed by atoms with Crippen LogP contribution in [0.25, 0.3) is 0 Å². The first-order valence-corrected chi connectivity index (χ1v) is 9.46. The summed E-state index contributed by atoms with van der Waals surface area (Å²) in [5, 5.41) is 9.43. The minimum atomic E-state index is -1.38. The minimum Gasteiger partial charge on any atom is -0.481 e. The zero-order valence-corrected chi connectivity index (χ0v) is 17.0. The van der Waals surface area contributed by atoms with E-state index in [2.05, 4.69) is 20.9 Å². The number of hydrogen-bond acceptors (Lipinski definition) is 5. The average Bonchev–Trinajstić information content (AvgIpc) is 2.71. The van der Waals surface area contributed by atoms with Crippen molar-refractivity contribution in [2.45, 2.75) is 20.1 Å². The van der Waals surface area contributed by atoms with E-state index < -0.39 is 23.0 Å². The lowest BCUT2D eigenvalue weighted by Gasteiger charge is -2.14. The van der Waals surface area contributed by atoms with Gasteiger partial charge in [-0.3, -0.25) is 14.2 Å². The van der Waals surface area contributed by atoms with Crippen LogP contribution in [0.1, 0.15) is 32.2 Å². The molecule has 0 unspecified atom stereocenters. The number of rotatable bonds is 7. The van der Waals surface area contributed by atoms with Gasteiger partial charge in [0.05, 0.1) is 6.54 Å². The Morgan fingerprint density at radius 3 is 2.38 bits per heavy atom. The van der Waals surface area contributed by atoms with Crippen molar-refractivity contribution >= 4 is 27.7 Å². The molecule has 0 aliphatic carbocycles. The molecular weight excluding hydrogens is 440 g/mol. The third kappa shape index (κ3) is 4.78. The summed E-state index contributed by atoms with van der Waals surface area (Å²) in [6.45, 7) is 1.20. The Morgan fingerprint density at radius 2 is 1.76 bits per heavy atom. The molecule has 0 fully saturated rings. The fourth-order valence-corrected chi connectivity index (χ4v) is 2.97. The Labute approximate surface area is 174 Å². The van der Waals surface area contributed by atoms with E-state index in [1.54, 1.807) is 48.5 Å². The number of Topliss-reactive ketones (excluding diaryl/α,β-unsaturated/α-hetero) is 1. The largest absolute Gasteiger partial charge is 0.481 e. The number of carbonyl (C=O) groups excluding carboxylic acids is 1. The van der Waals surface area contributed by atoms with Crippen molar-refractivity contribution in [3.05, 3.63) is 92.1 Å². The molecule has 1 heterocycles. The van der Waals surface area contributed by atoms with E-state index in [1.807, 2.05) is 6.07 Å². The van der Waals surface area contributed by atoms with Crippen molar-refractivity contribution in [1.29, 1.82) is 0 Å². The van der Waals surface area contributed by atoms with Crippen molar-refractivity contribution in [1.82, 2.24) is 9.55 Å². The van der Waals surface area contributed by atoms with Crippen LogP contribution in [-0.2, 0) is 13.2 Å². The predicted octanol–water partition coefficient (Wildman–Crippen LogP) is 3.47. The van der Waals surface area contributed by atoms with E-state index in [0.717, 1.165) is 14.6 Å². The molecule has 0 spiro atoms. The molecule has 29 heavy (non-hydrogen) atoms. The van der Waals surface area contributed by atoms with E-state index in [1.165, 1.54) is 6.92 Å². The molecule has 7 nitrogen and oxygen atoms in total. The zero-order chi connectivity index (χ0) is 21.0. The molecule has 2 aromatic carbocycles. The zero-order valence-electron chi connectivity index (χ0n) is 15.5.